The van der Waals surface area contributed by atoms with E-state index in [0.29, 0.717) is 34.9 Å². The standard InChI is InChI=1S/C13H12ClN5O2S2.C13H11ClN2O2S2.C7H6ClFN2O3S.C7H4ClFN2O2S.C7H5ClFNO4S.C5H7NS.3CH4.Cl3OP.N3.Na/c14-11-6-8(3-4-9-2-1-5-22-9)10(13-15-18-19-16-13)7-12(11)17-23(20)21;14-12-6-9(3-4-11-2-1-5-19-11)10(8-15)7-13(12)16-20(17)18;8-4-2-5(9)3(7(10)12)1-6(4)11-15(13)14;8-5-2-6(9)4(3-10)1-7(5)11-14(12)13;8-4-2-5(9)3(7(11)12)1-6(4)10-15(13)14;6-4-5-2-1-3-7-5;;;;1-5(2,3)4;1-3-2;/h1-2,5-7,17H,3-4H2,(H,20,21)(H,15,16,18,19);1-2,5-7,16H,3-4H2,(H,17,18);1-2,11H,(H2,10,12)(H,13,14);1-2,11H,(H,12,13);1-2,10H,(H,11,12)(H,13,14);1-3H,4,6H2;3*1H4;;;/q;;;;;;;;;;-1;+1/p-5. The number of benzene rings is 5. The van der Waals surface area contributed by atoms with E-state index in [4.69, 9.17) is 96.2 Å². The summed E-state index contributed by atoms with van der Waals surface area (Å²) in [5.41, 5.74) is 25.3. The van der Waals surface area contributed by atoms with Gasteiger partial charge in [-0.25, -0.2) is 18.0 Å². The van der Waals surface area contributed by atoms with Crippen LogP contribution in [0.3, 0.4) is 0 Å². The molecule has 5 atom stereocenters. The Bertz CT molecular complexity index is 4480. The van der Waals surface area contributed by atoms with Crippen LogP contribution in [-0.4, -0.2) is 81.4 Å². The number of carboxylic acids is 1. The molecule has 5 aromatic carbocycles. The number of aromatic nitrogens is 4. The molecule has 0 fully saturated rings. The zero-order chi connectivity index (χ0) is 77.0. The van der Waals surface area contributed by atoms with Gasteiger partial charge in [0.1, 0.15) is 23.5 Å². The minimum Gasteiger partial charge on any atom is -0.755 e. The van der Waals surface area contributed by atoms with Crippen molar-refractivity contribution in [3.8, 4) is 23.5 Å². The molecule has 9 aromatic rings. The molecule has 106 heavy (non-hydrogen) atoms. The molecule has 11 N–H and O–H groups in total. The number of rotatable bonds is 20. The number of nitrogens with one attached hydrogen (secondary N) is 6. The van der Waals surface area contributed by atoms with E-state index in [1.54, 1.807) is 58.3 Å². The Labute approximate surface area is 690 Å². The SMILES string of the molecule is C.C.C.N#Cc1cc(NS(=O)[O-])c(Cl)cc1CCc1cccs1.N#Cc1cc(NS(=O)[O-])c(Cl)cc1F.NC(=O)c1cc(NS(=O)[O-])c(Cl)cc1F.NCc1cccs1.O=C(O)c1cc(NS(=O)[O-])c(Cl)cc1F.O=P(Cl)(Cl)Cl.O=S([O-])Nc1cc(-c2nn[nH]n2)c(CCc2cccs2)cc1Cl.[N-]=[N+]=[N-].[Na+]. The molecule has 0 saturated heterocycles. The Balaban J connectivity index is -0.00000119. The third kappa shape index (κ3) is 41.2. The van der Waals surface area contributed by atoms with Gasteiger partial charge in [0.25, 0.3) is 5.91 Å². The van der Waals surface area contributed by atoms with Gasteiger partial charge in [-0.05, 0) is 171 Å². The maximum atomic E-state index is 13.1. The number of halogens is 11. The number of anilines is 5. The molecule has 0 aliphatic rings. The number of amides is 1. The van der Waals surface area contributed by atoms with Crippen molar-refractivity contribution in [2.24, 2.45) is 11.5 Å². The molecule has 30 nitrogen and oxygen atoms in total. The maximum absolute atomic E-state index is 13.1. The number of thiophene rings is 3. The fraction of sp³-hybridized carbons (Fsp3) is 0.145. The van der Waals surface area contributed by atoms with Gasteiger partial charge >= 0.3 is 40.7 Å². The van der Waals surface area contributed by atoms with E-state index in [1.165, 1.54) is 25.6 Å². The Hall–Kier alpha value is -5.65. The summed E-state index contributed by atoms with van der Waals surface area (Å²) in [5, 5.41) is 43.0. The second kappa shape index (κ2) is 54.9. The van der Waals surface area contributed by atoms with Gasteiger partial charge in [0, 0.05) is 83.1 Å². The van der Waals surface area contributed by atoms with Crippen LogP contribution in [0, 0.1) is 40.1 Å². The Kier molecular flexibility index (Phi) is 54.1. The third-order valence-electron chi connectivity index (χ3n) is 11.1. The second-order valence-corrected chi connectivity index (χ2v) is 32.8. The summed E-state index contributed by atoms with van der Waals surface area (Å²) in [6.45, 7) is 0.678. The number of primary amides is 1. The summed E-state index contributed by atoms with van der Waals surface area (Å²) < 4.78 is 163. The molecule has 4 aromatic heterocycles. The summed E-state index contributed by atoms with van der Waals surface area (Å²) in [5.74, 6) is -4.86. The van der Waals surface area contributed by atoms with E-state index < -0.39 is 102 Å². The monoisotopic (exact) mass is 1810 g/mol. The molecule has 0 aliphatic carbocycles. The first kappa shape index (κ1) is 105. The molecular formula is C55H52Cl8F3N16NaO14PS8-5. The predicted molar refractivity (Wildman–Crippen MR) is 409 cm³/mol. The number of nitriles is 2. The first-order chi connectivity index (χ1) is 47.9. The molecule has 572 valence electrons. The topological polar surface area (TPSA) is 545 Å². The van der Waals surface area contributed by atoms with Gasteiger partial charge in [-0.15, -0.1) is 44.2 Å². The van der Waals surface area contributed by atoms with Crippen LogP contribution in [0.15, 0.2) is 113 Å². The van der Waals surface area contributed by atoms with Crippen molar-refractivity contribution in [1.29, 1.82) is 10.5 Å². The Morgan fingerprint density at radius 2 is 0.906 bits per heavy atom. The van der Waals surface area contributed by atoms with Gasteiger partial charge < -0.3 is 74.0 Å². The number of hydrogen-bond donors (Lipinski definition) is 9. The summed E-state index contributed by atoms with van der Waals surface area (Å²) in [4.78, 5) is 26.5. The predicted octanol–water partition coefficient (Wildman–Crippen LogP) is 13.4. The molecule has 0 spiro atoms. The van der Waals surface area contributed by atoms with E-state index in [2.05, 4.69) is 75.9 Å². The zero-order valence-corrected chi connectivity index (χ0v) is 66.3. The van der Waals surface area contributed by atoms with Crippen LogP contribution in [0.1, 0.15) is 79.9 Å². The quantitative estimate of drug-likeness (QED) is 0.00854. The summed E-state index contributed by atoms with van der Waals surface area (Å²) in [7, 11) is 0. The number of carbonyl (C=O) groups excluding carboxylic acids is 1. The zero-order valence-electron chi connectivity index (χ0n) is 50.9. The number of nitrogens with zero attached hydrogens (tertiary/aromatic N) is 8. The van der Waals surface area contributed by atoms with E-state index >= 15 is 0 Å². The smallest absolute Gasteiger partial charge is 0.755 e. The molecule has 1 amide bonds. The fourth-order valence-corrected chi connectivity index (χ4v) is 12.1. The van der Waals surface area contributed by atoms with E-state index in [9.17, 15) is 71.1 Å². The van der Waals surface area contributed by atoms with Crippen LogP contribution in [0.5, 0.6) is 0 Å². The largest absolute Gasteiger partial charge is 1.00 e. The maximum Gasteiger partial charge on any atom is 1.00 e. The van der Waals surface area contributed by atoms with Crippen molar-refractivity contribution in [3.63, 3.8) is 0 Å². The second-order valence-electron chi connectivity index (χ2n) is 17.7. The van der Waals surface area contributed by atoms with Gasteiger partial charge in [0.2, 0.25) is 5.82 Å². The minimum absolute atomic E-state index is 0. The number of tetrazole rings is 1. The number of aromatic amines is 1. The number of carboxylic acid groups (broad SMARTS) is 1. The molecule has 0 radical (unpaired) electrons. The number of hydrogen-bond acceptors (Lipinski definition) is 22. The Morgan fingerprint density at radius 1 is 0.575 bits per heavy atom. The number of nitrogens with two attached hydrogens (primary N) is 2. The summed E-state index contributed by atoms with van der Waals surface area (Å²) >= 11 is 34.8. The van der Waals surface area contributed by atoms with E-state index in [1.807, 2.05) is 60.6 Å². The molecule has 0 bridgehead atoms. The van der Waals surface area contributed by atoms with Crippen molar-refractivity contribution in [1.82, 2.24) is 20.6 Å². The van der Waals surface area contributed by atoms with Crippen LogP contribution in [-0.2, 0) is 93.1 Å². The average Bonchev–Trinajstić information content (AvgIpc) is 1.48. The van der Waals surface area contributed by atoms with Crippen LogP contribution in [0.25, 0.3) is 27.4 Å². The molecule has 5 unspecified atom stereocenters. The number of carbonyl (C=O) groups is 2. The first-order valence-corrected chi connectivity index (χ1v) is 40.2. The van der Waals surface area contributed by atoms with Crippen molar-refractivity contribution >= 4 is 228 Å². The average molecular weight is 1810 g/mol. The normalized spacial score (nSPS) is 11.2. The van der Waals surface area contributed by atoms with Crippen molar-refractivity contribution in [2.75, 3.05) is 23.6 Å². The van der Waals surface area contributed by atoms with E-state index in [-0.39, 0.29) is 106 Å². The minimum atomic E-state index is -3.22. The van der Waals surface area contributed by atoms with Gasteiger partial charge in [-0.3, -0.25) is 35.3 Å². The Morgan fingerprint density at radius 3 is 1.24 bits per heavy atom. The number of aryl methyl sites for hydroxylation is 4. The third-order valence-corrected chi connectivity index (χ3v) is 17.3. The van der Waals surface area contributed by atoms with Crippen LogP contribution in [0.4, 0.5) is 41.6 Å². The summed E-state index contributed by atoms with van der Waals surface area (Å²) in [6, 6.07) is 27.4. The molecular weight excluding hydrogens is 1760 g/mol. The molecule has 4 heterocycles. The van der Waals surface area contributed by atoms with Crippen LogP contribution in [0.2, 0.25) is 25.1 Å². The number of aromatic carboxylic acids is 1. The van der Waals surface area contributed by atoms with Crippen LogP contribution >= 0.6 is 131 Å². The molecule has 9 rings (SSSR count). The molecule has 0 aliphatic heterocycles. The van der Waals surface area contributed by atoms with E-state index in [0.717, 1.165) is 66.8 Å². The van der Waals surface area contributed by atoms with Gasteiger partial charge in [0.05, 0.1) is 81.9 Å². The molecule has 51 heteroatoms. The molecule has 0 saturated carbocycles. The summed E-state index contributed by atoms with van der Waals surface area (Å²) in [6.07, 6.45) is 3.08. The van der Waals surface area contributed by atoms with Crippen molar-refractivity contribution < 1.29 is 106 Å². The first-order valence-electron chi connectivity index (χ1n) is 25.9. The van der Waals surface area contributed by atoms with Gasteiger partial charge in [-0.1, -0.05) is 98.5 Å². The number of H-pyrrole nitrogens is 1. The van der Waals surface area contributed by atoms with Crippen molar-refractivity contribution in [2.45, 2.75) is 54.5 Å². The van der Waals surface area contributed by atoms with Crippen molar-refractivity contribution in [3.05, 3.63) is 220 Å². The van der Waals surface area contributed by atoms with Crippen LogP contribution < -0.4 is 64.6 Å². The van der Waals surface area contributed by atoms with Gasteiger partial charge in [0.15, 0.2) is 0 Å². The van der Waals surface area contributed by atoms with Gasteiger partial charge in [-0.2, -0.15) is 15.7 Å². The fourth-order valence-electron chi connectivity index (χ4n) is 7.01.